The molecule has 128 valence electrons. The highest BCUT2D eigenvalue weighted by Crippen LogP contribution is 2.40. The van der Waals surface area contributed by atoms with Crippen molar-refractivity contribution < 1.29 is 23.1 Å². The standard InChI is InChI=1S/C15H25F3N2O2/c1-11(21)10-19-5-7-20(8-6-19)14(22)12-3-2-4-13(9-12)15(16,17)18/h11-13,21H,2-10H2,1H3/t11-,12+,13+/m0/s1. The molecule has 0 aromatic carbocycles. The van der Waals surface area contributed by atoms with Gasteiger partial charge in [0.15, 0.2) is 0 Å². The molecule has 1 saturated heterocycles. The Kier molecular flexibility index (Phi) is 5.71. The van der Waals surface area contributed by atoms with E-state index in [9.17, 15) is 23.1 Å². The van der Waals surface area contributed by atoms with E-state index in [0.29, 0.717) is 45.6 Å². The van der Waals surface area contributed by atoms with Gasteiger partial charge in [0, 0.05) is 38.6 Å². The largest absolute Gasteiger partial charge is 0.392 e. The summed E-state index contributed by atoms with van der Waals surface area (Å²) in [6.45, 7) is 4.72. The molecule has 1 amide bonds. The minimum atomic E-state index is -4.19. The molecule has 0 radical (unpaired) electrons. The van der Waals surface area contributed by atoms with Crippen molar-refractivity contribution in [3.05, 3.63) is 0 Å². The van der Waals surface area contributed by atoms with Crippen LogP contribution in [-0.4, -0.2) is 65.8 Å². The number of hydrogen-bond acceptors (Lipinski definition) is 3. The van der Waals surface area contributed by atoms with Gasteiger partial charge in [-0.2, -0.15) is 13.2 Å². The molecule has 1 aliphatic carbocycles. The lowest BCUT2D eigenvalue weighted by molar-refractivity contribution is -0.187. The zero-order chi connectivity index (χ0) is 16.3. The number of piperazine rings is 1. The Labute approximate surface area is 129 Å². The van der Waals surface area contributed by atoms with Gasteiger partial charge < -0.3 is 10.0 Å². The van der Waals surface area contributed by atoms with Crippen LogP contribution < -0.4 is 0 Å². The van der Waals surface area contributed by atoms with Gasteiger partial charge in [-0.25, -0.2) is 0 Å². The number of carbonyl (C=O) groups excluding carboxylic acids is 1. The number of hydrogen-bond donors (Lipinski definition) is 1. The number of nitrogens with zero attached hydrogens (tertiary/aromatic N) is 2. The fourth-order valence-electron chi connectivity index (χ4n) is 3.49. The lowest BCUT2D eigenvalue weighted by atomic mass is 9.80. The fourth-order valence-corrected chi connectivity index (χ4v) is 3.49. The molecule has 2 aliphatic rings. The SMILES string of the molecule is C[C@H](O)CN1CCN(C(=O)[C@@H]2CCC[C@@H](C(F)(F)F)C2)CC1. The van der Waals surface area contributed by atoms with E-state index >= 15 is 0 Å². The van der Waals surface area contributed by atoms with Crippen LogP contribution in [0.4, 0.5) is 13.2 Å². The first kappa shape index (κ1) is 17.5. The van der Waals surface area contributed by atoms with Crippen molar-refractivity contribution in [3.63, 3.8) is 0 Å². The summed E-state index contributed by atoms with van der Waals surface area (Å²) in [6.07, 6.45) is -3.46. The van der Waals surface area contributed by atoms with Gasteiger partial charge >= 0.3 is 6.18 Å². The van der Waals surface area contributed by atoms with E-state index in [1.54, 1.807) is 11.8 Å². The van der Waals surface area contributed by atoms with Gasteiger partial charge in [-0.15, -0.1) is 0 Å². The van der Waals surface area contributed by atoms with Gasteiger partial charge in [0.05, 0.1) is 12.0 Å². The third-order valence-electron chi connectivity index (χ3n) is 4.69. The molecule has 0 aromatic heterocycles. The summed E-state index contributed by atoms with van der Waals surface area (Å²) in [4.78, 5) is 16.2. The summed E-state index contributed by atoms with van der Waals surface area (Å²) >= 11 is 0. The Bertz CT molecular complexity index is 379. The normalized spacial score (nSPS) is 29.4. The molecule has 4 nitrogen and oxygen atoms in total. The highest BCUT2D eigenvalue weighted by atomic mass is 19.4. The highest BCUT2D eigenvalue weighted by Gasteiger charge is 2.44. The van der Waals surface area contributed by atoms with Crippen molar-refractivity contribution in [1.82, 2.24) is 9.80 Å². The van der Waals surface area contributed by atoms with Crippen LogP contribution in [0.3, 0.4) is 0 Å². The summed E-state index contributed by atoms with van der Waals surface area (Å²) in [6, 6.07) is 0. The molecule has 1 aliphatic heterocycles. The fraction of sp³-hybridized carbons (Fsp3) is 0.933. The number of β-amino-alcohol motifs (C(OH)–C–C–N with tert-alkyl or cyclic N) is 1. The number of halogens is 3. The van der Waals surface area contributed by atoms with Crippen molar-refractivity contribution >= 4 is 5.91 Å². The third-order valence-corrected chi connectivity index (χ3v) is 4.69. The summed E-state index contributed by atoms with van der Waals surface area (Å²) in [5.74, 6) is -1.93. The second-order valence-corrected chi connectivity index (χ2v) is 6.58. The predicted molar refractivity (Wildman–Crippen MR) is 76.2 cm³/mol. The minimum absolute atomic E-state index is 0.0593. The van der Waals surface area contributed by atoms with Crippen molar-refractivity contribution in [3.8, 4) is 0 Å². The molecule has 0 spiro atoms. The molecule has 2 rings (SSSR count). The molecule has 1 saturated carbocycles. The summed E-state index contributed by atoms with van der Waals surface area (Å²) in [7, 11) is 0. The van der Waals surface area contributed by atoms with Crippen molar-refractivity contribution in [2.45, 2.75) is 44.9 Å². The Hall–Kier alpha value is -0.820. The average molecular weight is 322 g/mol. The Morgan fingerprint density at radius 3 is 2.41 bits per heavy atom. The van der Waals surface area contributed by atoms with E-state index in [4.69, 9.17) is 0 Å². The quantitative estimate of drug-likeness (QED) is 0.863. The van der Waals surface area contributed by atoms with Crippen LogP contribution in [0.15, 0.2) is 0 Å². The van der Waals surface area contributed by atoms with Crippen LogP contribution in [0.1, 0.15) is 32.6 Å². The second-order valence-electron chi connectivity index (χ2n) is 6.58. The first-order valence-electron chi connectivity index (χ1n) is 8.03. The zero-order valence-electron chi connectivity index (χ0n) is 13.0. The lowest BCUT2D eigenvalue weighted by Gasteiger charge is -2.38. The summed E-state index contributed by atoms with van der Waals surface area (Å²) in [5.41, 5.74) is 0. The Balaban J connectivity index is 1.84. The van der Waals surface area contributed by atoms with E-state index in [2.05, 4.69) is 4.90 Å². The number of aliphatic hydroxyl groups is 1. The van der Waals surface area contributed by atoms with Crippen LogP contribution in [0.25, 0.3) is 0 Å². The van der Waals surface area contributed by atoms with Gasteiger partial charge in [0.1, 0.15) is 0 Å². The van der Waals surface area contributed by atoms with E-state index in [-0.39, 0.29) is 18.7 Å². The van der Waals surface area contributed by atoms with Crippen LogP contribution in [0.5, 0.6) is 0 Å². The maximum Gasteiger partial charge on any atom is 0.391 e. The number of amides is 1. The van der Waals surface area contributed by atoms with Gasteiger partial charge in [0.25, 0.3) is 0 Å². The van der Waals surface area contributed by atoms with Crippen molar-refractivity contribution in [2.75, 3.05) is 32.7 Å². The Morgan fingerprint density at radius 1 is 1.23 bits per heavy atom. The molecule has 22 heavy (non-hydrogen) atoms. The maximum atomic E-state index is 12.8. The molecule has 0 aromatic rings. The molecule has 0 bridgehead atoms. The third kappa shape index (κ3) is 4.59. The summed E-state index contributed by atoms with van der Waals surface area (Å²) < 4.78 is 38.5. The second kappa shape index (κ2) is 7.17. The number of aliphatic hydroxyl groups excluding tert-OH is 1. The van der Waals surface area contributed by atoms with E-state index in [0.717, 1.165) is 0 Å². The zero-order valence-corrected chi connectivity index (χ0v) is 13.0. The van der Waals surface area contributed by atoms with Gasteiger partial charge in [-0.05, 0) is 26.2 Å². The van der Waals surface area contributed by atoms with Gasteiger partial charge in [-0.1, -0.05) is 6.42 Å². The smallest absolute Gasteiger partial charge is 0.391 e. The van der Waals surface area contributed by atoms with Crippen LogP contribution in [0.2, 0.25) is 0 Å². The molecular formula is C15H25F3N2O2. The van der Waals surface area contributed by atoms with Crippen molar-refractivity contribution in [1.29, 1.82) is 0 Å². The molecule has 7 heteroatoms. The number of alkyl halides is 3. The van der Waals surface area contributed by atoms with Gasteiger partial charge in [0.2, 0.25) is 5.91 Å². The summed E-state index contributed by atoms with van der Waals surface area (Å²) in [5, 5.41) is 9.36. The molecule has 1 N–H and O–H groups in total. The first-order valence-corrected chi connectivity index (χ1v) is 8.03. The maximum absolute atomic E-state index is 12.8. The molecule has 2 fully saturated rings. The van der Waals surface area contributed by atoms with Crippen LogP contribution in [-0.2, 0) is 4.79 Å². The van der Waals surface area contributed by atoms with E-state index in [1.165, 1.54) is 0 Å². The Morgan fingerprint density at radius 2 is 1.86 bits per heavy atom. The minimum Gasteiger partial charge on any atom is -0.392 e. The average Bonchev–Trinajstić information content (AvgIpc) is 2.46. The molecule has 1 heterocycles. The molecule has 0 unspecified atom stereocenters. The molecular weight excluding hydrogens is 297 g/mol. The highest BCUT2D eigenvalue weighted by molar-refractivity contribution is 5.79. The first-order chi connectivity index (χ1) is 10.3. The van der Waals surface area contributed by atoms with Crippen LogP contribution in [0, 0.1) is 11.8 Å². The number of carbonyl (C=O) groups is 1. The molecule has 3 atom stereocenters. The topological polar surface area (TPSA) is 43.8 Å². The van der Waals surface area contributed by atoms with Crippen LogP contribution >= 0.6 is 0 Å². The van der Waals surface area contributed by atoms with Crippen molar-refractivity contribution in [2.24, 2.45) is 11.8 Å². The lowest BCUT2D eigenvalue weighted by Crippen LogP contribution is -2.52. The van der Waals surface area contributed by atoms with E-state index in [1.807, 2.05) is 0 Å². The monoisotopic (exact) mass is 322 g/mol. The number of rotatable bonds is 3. The predicted octanol–water partition coefficient (Wildman–Crippen LogP) is 1.88. The van der Waals surface area contributed by atoms with E-state index < -0.39 is 24.1 Å². The van der Waals surface area contributed by atoms with Gasteiger partial charge in [-0.3, -0.25) is 9.69 Å².